The zero-order valence-corrected chi connectivity index (χ0v) is 31.0. The maximum absolute atomic E-state index is 4.22. The molecule has 4 rings (SSSR count). The van der Waals surface area contributed by atoms with Crippen molar-refractivity contribution < 1.29 is 0 Å². The molecule has 1 aromatic carbocycles. The van der Waals surface area contributed by atoms with Gasteiger partial charge >= 0.3 is 0 Å². The van der Waals surface area contributed by atoms with Crippen molar-refractivity contribution in [3.63, 3.8) is 0 Å². The van der Waals surface area contributed by atoms with Crippen molar-refractivity contribution in [1.82, 2.24) is 10.2 Å². The minimum atomic E-state index is 0.0788. The molecule has 46 heavy (non-hydrogen) atoms. The summed E-state index contributed by atoms with van der Waals surface area (Å²) in [4.78, 5) is 2.22. The van der Waals surface area contributed by atoms with Gasteiger partial charge in [0.05, 0.1) is 0 Å². The maximum Gasteiger partial charge on any atom is 0.197 e. The molecule has 2 aliphatic carbocycles. The largest absolute Gasteiger partial charge is 0.362 e. The fourth-order valence-corrected chi connectivity index (χ4v) is 7.86. The molecule has 2 aliphatic rings. The van der Waals surface area contributed by atoms with Gasteiger partial charge in [-0.3, -0.25) is 0 Å². The van der Waals surface area contributed by atoms with Crippen LogP contribution in [-0.4, -0.2) is 12.2 Å². The van der Waals surface area contributed by atoms with E-state index in [-0.39, 0.29) is 21.7 Å². The van der Waals surface area contributed by atoms with Crippen molar-refractivity contribution in [1.29, 1.82) is 0 Å². The van der Waals surface area contributed by atoms with Gasteiger partial charge in [0, 0.05) is 28.5 Å². The van der Waals surface area contributed by atoms with Gasteiger partial charge in [-0.1, -0.05) is 92.8 Å². The smallest absolute Gasteiger partial charge is 0.197 e. The van der Waals surface area contributed by atoms with Crippen LogP contribution in [0.25, 0.3) is 10.1 Å². The number of benzene rings is 1. The maximum atomic E-state index is 4.22. The van der Waals surface area contributed by atoms with Crippen molar-refractivity contribution in [2.24, 2.45) is 10.8 Å². The summed E-state index contributed by atoms with van der Waals surface area (Å²) in [5.74, 6) is 2.24. The molecule has 4 heteroatoms. The van der Waals surface area contributed by atoms with Gasteiger partial charge < -0.3 is 10.2 Å². The molecule has 2 nitrogen and oxygen atoms in total. The average Bonchev–Trinajstić information content (AvgIpc) is 3.40. The predicted molar refractivity (Wildman–Crippen MR) is 207 cm³/mol. The number of thiophene rings is 1. The highest BCUT2D eigenvalue weighted by Gasteiger charge is 2.38. The Hall–Kier alpha value is -3.24. The summed E-state index contributed by atoms with van der Waals surface area (Å²) < 4.78 is 2.65. The molecule has 243 valence electrons. The molecule has 0 amide bonds. The van der Waals surface area contributed by atoms with E-state index in [9.17, 15) is 0 Å². The first-order valence-electron chi connectivity index (χ1n) is 16.9. The third-order valence-corrected chi connectivity index (χ3v) is 11.3. The quantitative estimate of drug-likeness (QED) is 0.196. The Morgan fingerprint density at radius 3 is 2.07 bits per heavy atom. The molecule has 0 saturated heterocycles. The molecular weight excluding hydrogens is 575 g/mol. The van der Waals surface area contributed by atoms with Crippen LogP contribution in [0, 0.1) is 10.8 Å². The molecule has 1 radical (unpaired) electrons. The van der Waals surface area contributed by atoms with Crippen LogP contribution in [0.5, 0.6) is 0 Å². The highest BCUT2D eigenvalue weighted by Crippen LogP contribution is 2.50. The third-order valence-electron chi connectivity index (χ3n) is 10.3. The van der Waals surface area contributed by atoms with E-state index in [0.29, 0.717) is 0 Å². The van der Waals surface area contributed by atoms with Crippen molar-refractivity contribution in [3.8, 4) is 0 Å². The van der Waals surface area contributed by atoms with Gasteiger partial charge in [-0.15, -0.1) is 0 Å². The van der Waals surface area contributed by atoms with E-state index in [0.717, 1.165) is 24.2 Å². The van der Waals surface area contributed by atoms with Crippen molar-refractivity contribution in [3.05, 3.63) is 126 Å². The van der Waals surface area contributed by atoms with Gasteiger partial charge in [0.1, 0.15) is 0 Å². The van der Waals surface area contributed by atoms with Crippen molar-refractivity contribution in [2.45, 2.75) is 106 Å². The number of hydrogen-bond donors (Lipinski definition) is 1. The van der Waals surface area contributed by atoms with Gasteiger partial charge in [-0.2, -0.15) is 11.3 Å². The number of hydrogen-bond acceptors (Lipinski definition) is 3. The lowest BCUT2D eigenvalue weighted by Gasteiger charge is -2.42. The fraction of sp³-hybridized carbons (Fsp3) is 0.429. The molecule has 0 bridgehead atoms. The van der Waals surface area contributed by atoms with Crippen LogP contribution < -0.4 is 10.1 Å². The number of nitrogens with one attached hydrogen (secondary N) is 1. The van der Waals surface area contributed by atoms with Gasteiger partial charge in [0.25, 0.3) is 0 Å². The Bertz CT molecular complexity index is 1590. The number of rotatable bonds is 11. The summed E-state index contributed by atoms with van der Waals surface area (Å²) in [5.41, 5.74) is 8.46. The van der Waals surface area contributed by atoms with E-state index < -0.39 is 0 Å². The molecule has 1 aromatic heterocycles. The molecule has 2 aromatic rings. The minimum Gasteiger partial charge on any atom is -0.362 e. The monoisotopic (exact) mass is 631 g/mol. The Kier molecular flexibility index (Phi) is 10.7. The second kappa shape index (κ2) is 13.9. The Labute approximate surface area is 285 Å². The third kappa shape index (κ3) is 7.82. The van der Waals surface area contributed by atoms with E-state index >= 15 is 0 Å². The lowest BCUT2D eigenvalue weighted by atomic mass is 9.63. The molecule has 0 unspecified atom stereocenters. The number of nitrogens with zero attached hydrogens (tertiary/aromatic N) is 1. The van der Waals surface area contributed by atoms with Crippen LogP contribution in [0.1, 0.15) is 106 Å². The van der Waals surface area contributed by atoms with Crippen molar-refractivity contribution >= 4 is 33.5 Å². The first kappa shape index (κ1) is 35.6. The molecular formula is C42H56BN2S. The van der Waals surface area contributed by atoms with Crippen LogP contribution in [0.2, 0.25) is 0 Å². The first-order chi connectivity index (χ1) is 21.5. The Balaban J connectivity index is 1.71. The van der Waals surface area contributed by atoms with E-state index in [2.05, 4.69) is 148 Å². The second-order valence-corrected chi connectivity index (χ2v) is 16.8. The lowest BCUT2D eigenvalue weighted by molar-refractivity contribution is 0.273. The second-order valence-electron chi connectivity index (χ2n) is 15.7. The SMILES string of the molecule is C=C/C=C(\C=C\N(/C=C/C1=C(C=C)C(C)(C)CCC1(C)C)/C(C)=C\[B]c1cc2cc3c(cc2s1)C(C)(C)CCC3(C)C)N/C=C/C. The standard InChI is InChI=1S/C42H56BN2S/c1-13-16-32(44-23-14-2)17-24-45(25-18-34-33(15-3)39(5,6)19-20-40(34,7)8)30(4)29-43-38-27-31-26-35-36(28-37(31)46-38)42(11,12)22-21-41(35,9)10/h13-18,23-29,44H,1,3,19-22H2,2,4-12H3/b23-14+,24-17+,25-18+,30-29-,32-16+. The molecule has 0 spiro atoms. The summed E-state index contributed by atoms with van der Waals surface area (Å²) in [6.45, 7) is 31.3. The van der Waals surface area contributed by atoms with E-state index in [4.69, 9.17) is 0 Å². The van der Waals surface area contributed by atoms with Crippen LogP contribution in [0.15, 0.2) is 115 Å². The molecule has 0 atom stereocenters. The van der Waals surface area contributed by atoms with E-state index in [1.165, 1.54) is 50.0 Å². The summed E-state index contributed by atoms with van der Waals surface area (Å²) in [7, 11) is 2.27. The molecule has 1 N–H and O–H groups in total. The number of allylic oxidation sites excluding steroid dienone is 9. The Morgan fingerprint density at radius 2 is 1.46 bits per heavy atom. The van der Waals surface area contributed by atoms with E-state index in [1.807, 2.05) is 42.7 Å². The highest BCUT2D eigenvalue weighted by molar-refractivity contribution is 7.27. The normalized spacial score (nSPS) is 20.8. The summed E-state index contributed by atoms with van der Waals surface area (Å²) in [6, 6.07) is 7.31. The van der Waals surface area contributed by atoms with Crippen molar-refractivity contribution in [2.75, 3.05) is 0 Å². The average molecular weight is 632 g/mol. The van der Waals surface area contributed by atoms with Crippen LogP contribution in [0.4, 0.5) is 0 Å². The predicted octanol–water partition coefficient (Wildman–Crippen LogP) is 11.3. The topological polar surface area (TPSA) is 15.3 Å². The fourth-order valence-electron chi connectivity index (χ4n) is 6.88. The minimum absolute atomic E-state index is 0.0788. The molecule has 0 aliphatic heterocycles. The van der Waals surface area contributed by atoms with Gasteiger partial charge in [-0.05, 0) is 136 Å². The highest BCUT2D eigenvalue weighted by atomic mass is 32.1. The lowest BCUT2D eigenvalue weighted by Crippen LogP contribution is -2.33. The summed E-state index contributed by atoms with van der Waals surface area (Å²) in [6.07, 6.45) is 23.3. The Morgan fingerprint density at radius 1 is 0.848 bits per heavy atom. The zero-order valence-electron chi connectivity index (χ0n) is 30.2. The van der Waals surface area contributed by atoms with Crippen LogP contribution in [-0.2, 0) is 10.8 Å². The van der Waals surface area contributed by atoms with E-state index in [1.54, 1.807) is 0 Å². The first-order valence-corrected chi connectivity index (χ1v) is 17.7. The molecule has 0 saturated carbocycles. The molecule has 1 heterocycles. The van der Waals surface area contributed by atoms with Gasteiger partial charge in [0.15, 0.2) is 7.28 Å². The summed E-state index contributed by atoms with van der Waals surface area (Å²) in [5, 5.41) is 4.69. The summed E-state index contributed by atoms with van der Waals surface area (Å²) >= 11 is 1.89. The zero-order chi connectivity index (χ0) is 33.9. The van der Waals surface area contributed by atoms with Crippen LogP contribution in [0.3, 0.4) is 0 Å². The van der Waals surface area contributed by atoms with Gasteiger partial charge in [0.2, 0.25) is 0 Å². The van der Waals surface area contributed by atoms with Crippen LogP contribution >= 0.6 is 11.3 Å². The number of fused-ring (bicyclic) bond motifs is 2. The van der Waals surface area contributed by atoms with Gasteiger partial charge in [-0.25, -0.2) is 0 Å². The molecule has 0 fully saturated rings.